The van der Waals surface area contributed by atoms with Crippen molar-refractivity contribution in [3.63, 3.8) is 0 Å². The fraction of sp³-hybridized carbons (Fsp3) is 0.600. The molecule has 2 rings (SSSR count). The molecule has 7 heteroatoms. The van der Waals surface area contributed by atoms with Crippen LogP contribution in [-0.4, -0.2) is 61.1 Å². The van der Waals surface area contributed by atoms with Crippen molar-refractivity contribution >= 4 is 12.0 Å². The average Bonchev–Trinajstić information content (AvgIpc) is 3.05. The van der Waals surface area contributed by atoms with E-state index in [4.69, 9.17) is 9.15 Å². The van der Waals surface area contributed by atoms with Crippen LogP contribution >= 0.6 is 0 Å². The molecule has 2 amide bonds. The Morgan fingerprint density at radius 3 is 2.64 bits per heavy atom. The molecule has 1 aromatic rings. The van der Waals surface area contributed by atoms with Crippen LogP contribution in [0.15, 0.2) is 22.8 Å². The molecule has 1 saturated heterocycles. The first kappa shape index (κ1) is 16.4. The first-order valence-corrected chi connectivity index (χ1v) is 7.63. The van der Waals surface area contributed by atoms with Gasteiger partial charge in [-0.25, -0.2) is 4.79 Å². The maximum absolute atomic E-state index is 12.1. The molecule has 1 fully saturated rings. The number of ether oxygens (including phenoxy) is 1. The largest absolute Gasteiger partial charge is 0.468 e. The molecule has 1 aliphatic heterocycles. The second kappa shape index (κ2) is 8.43. The van der Waals surface area contributed by atoms with Crippen LogP contribution in [0.3, 0.4) is 0 Å². The Kier molecular flexibility index (Phi) is 6.27. The van der Waals surface area contributed by atoms with Gasteiger partial charge in [0.25, 0.3) is 0 Å². The molecule has 0 spiro atoms. The molecule has 0 aliphatic carbocycles. The lowest BCUT2D eigenvalue weighted by Crippen LogP contribution is -2.51. The number of hydrogen-bond acceptors (Lipinski definition) is 5. The van der Waals surface area contributed by atoms with Crippen molar-refractivity contribution in [2.75, 3.05) is 39.3 Å². The number of furan rings is 1. The zero-order valence-corrected chi connectivity index (χ0v) is 12.9. The maximum atomic E-state index is 12.1. The molecule has 0 radical (unpaired) electrons. The molecule has 0 unspecified atom stereocenters. The van der Waals surface area contributed by atoms with E-state index in [1.165, 1.54) is 0 Å². The smallest absolute Gasteiger partial charge is 0.409 e. The Morgan fingerprint density at radius 2 is 2.00 bits per heavy atom. The van der Waals surface area contributed by atoms with Gasteiger partial charge in [-0.1, -0.05) is 0 Å². The van der Waals surface area contributed by atoms with E-state index in [1.807, 2.05) is 12.1 Å². The number of amides is 2. The summed E-state index contributed by atoms with van der Waals surface area (Å²) in [6.45, 7) is 5.59. The zero-order valence-electron chi connectivity index (χ0n) is 12.9. The van der Waals surface area contributed by atoms with Crippen LogP contribution in [0.25, 0.3) is 0 Å². The minimum Gasteiger partial charge on any atom is -0.468 e. The Morgan fingerprint density at radius 1 is 1.27 bits per heavy atom. The van der Waals surface area contributed by atoms with Crippen molar-refractivity contribution in [1.82, 2.24) is 15.1 Å². The van der Waals surface area contributed by atoms with E-state index in [1.54, 1.807) is 23.0 Å². The summed E-state index contributed by atoms with van der Waals surface area (Å²) in [6, 6.07) is 3.73. The third-order valence-electron chi connectivity index (χ3n) is 3.55. The quantitative estimate of drug-likeness (QED) is 0.795. The van der Waals surface area contributed by atoms with Crippen LogP contribution in [0, 0.1) is 0 Å². The van der Waals surface area contributed by atoms with Gasteiger partial charge >= 0.3 is 6.09 Å². The molecule has 122 valence electrons. The minimum absolute atomic E-state index is 0.107. The summed E-state index contributed by atoms with van der Waals surface area (Å²) in [5, 5.41) is 3.18. The fourth-order valence-corrected chi connectivity index (χ4v) is 2.33. The Bertz CT molecular complexity index is 467. The van der Waals surface area contributed by atoms with Crippen LogP contribution in [0.4, 0.5) is 4.79 Å². The molecule has 0 saturated carbocycles. The summed E-state index contributed by atoms with van der Waals surface area (Å²) in [6.07, 6.45) is 1.78. The van der Waals surface area contributed by atoms with E-state index < -0.39 is 0 Å². The fourth-order valence-electron chi connectivity index (χ4n) is 2.33. The average molecular weight is 309 g/mol. The molecule has 7 nitrogen and oxygen atoms in total. The number of hydrogen-bond donors (Lipinski definition) is 1. The molecule has 1 N–H and O–H groups in total. The summed E-state index contributed by atoms with van der Waals surface area (Å²) >= 11 is 0. The zero-order chi connectivity index (χ0) is 15.8. The topological polar surface area (TPSA) is 75.0 Å². The predicted molar refractivity (Wildman–Crippen MR) is 80.2 cm³/mol. The van der Waals surface area contributed by atoms with E-state index in [0.717, 1.165) is 5.76 Å². The van der Waals surface area contributed by atoms with E-state index in [0.29, 0.717) is 52.3 Å². The van der Waals surface area contributed by atoms with Crippen LogP contribution < -0.4 is 5.32 Å². The van der Waals surface area contributed by atoms with Crippen LogP contribution in [-0.2, 0) is 16.1 Å². The molecule has 2 heterocycles. The van der Waals surface area contributed by atoms with E-state index >= 15 is 0 Å². The van der Waals surface area contributed by atoms with Gasteiger partial charge in [0.05, 0.1) is 19.4 Å². The van der Waals surface area contributed by atoms with Crippen LogP contribution in [0.5, 0.6) is 0 Å². The second-order valence-electron chi connectivity index (χ2n) is 5.07. The van der Waals surface area contributed by atoms with Gasteiger partial charge in [0.1, 0.15) is 5.76 Å². The van der Waals surface area contributed by atoms with E-state index in [2.05, 4.69) is 5.32 Å². The Balaban J connectivity index is 1.61. The molecule has 0 atom stereocenters. The van der Waals surface area contributed by atoms with Gasteiger partial charge in [-0.2, -0.15) is 0 Å². The van der Waals surface area contributed by atoms with Gasteiger partial charge < -0.3 is 24.3 Å². The first-order valence-electron chi connectivity index (χ1n) is 7.63. The second-order valence-corrected chi connectivity index (χ2v) is 5.07. The molecule has 0 aromatic carbocycles. The molecular formula is C15H23N3O4. The Hall–Kier alpha value is -2.02. The number of rotatable bonds is 6. The van der Waals surface area contributed by atoms with E-state index in [9.17, 15) is 9.59 Å². The molecule has 0 bridgehead atoms. The summed E-state index contributed by atoms with van der Waals surface area (Å²) in [5.41, 5.74) is 0. The van der Waals surface area contributed by atoms with Crippen molar-refractivity contribution < 1.29 is 18.7 Å². The van der Waals surface area contributed by atoms with Gasteiger partial charge in [-0.3, -0.25) is 4.79 Å². The first-order chi connectivity index (χ1) is 10.7. The van der Waals surface area contributed by atoms with Crippen molar-refractivity contribution in [3.8, 4) is 0 Å². The SMILES string of the molecule is CCOC(=O)N1CCN(C(=O)CCNCc2ccco2)CC1. The van der Waals surface area contributed by atoms with Gasteiger partial charge in [0, 0.05) is 39.1 Å². The lowest BCUT2D eigenvalue weighted by Gasteiger charge is -2.34. The van der Waals surface area contributed by atoms with Crippen molar-refractivity contribution in [2.24, 2.45) is 0 Å². The van der Waals surface area contributed by atoms with E-state index in [-0.39, 0.29) is 12.0 Å². The number of nitrogens with zero attached hydrogens (tertiary/aromatic N) is 2. The molecular weight excluding hydrogens is 286 g/mol. The normalized spacial score (nSPS) is 15.0. The summed E-state index contributed by atoms with van der Waals surface area (Å²) in [5.74, 6) is 0.964. The number of carbonyl (C=O) groups is 2. The lowest BCUT2D eigenvalue weighted by molar-refractivity contribution is -0.132. The minimum atomic E-state index is -0.297. The third-order valence-corrected chi connectivity index (χ3v) is 3.55. The number of nitrogens with one attached hydrogen (secondary N) is 1. The van der Waals surface area contributed by atoms with Crippen LogP contribution in [0.2, 0.25) is 0 Å². The number of carbonyl (C=O) groups excluding carboxylic acids is 2. The molecule has 1 aliphatic rings. The summed E-state index contributed by atoms with van der Waals surface area (Å²) in [4.78, 5) is 27.1. The highest BCUT2D eigenvalue weighted by Crippen LogP contribution is 2.05. The Labute approximate surface area is 130 Å². The highest BCUT2D eigenvalue weighted by molar-refractivity contribution is 5.77. The van der Waals surface area contributed by atoms with Crippen LogP contribution in [0.1, 0.15) is 19.1 Å². The van der Waals surface area contributed by atoms with Crippen molar-refractivity contribution in [3.05, 3.63) is 24.2 Å². The highest BCUT2D eigenvalue weighted by Gasteiger charge is 2.24. The summed E-state index contributed by atoms with van der Waals surface area (Å²) in [7, 11) is 0. The highest BCUT2D eigenvalue weighted by atomic mass is 16.6. The predicted octanol–water partition coefficient (Wildman–Crippen LogP) is 1.06. The number of piperazine rings is 1. The van der Waals surface area contributed by atoms with Gasteiger partial charge in [-0.05, 0) is 19.1 Å². The monoisotopic (exact) mass is 309 g/mol. The van der Waals surface area contributed by atoms with Gasteiger partial charge in [0.15, 0.2) is 0 Å². The van der Waals surface area contributed by atoms with Crippen molar-refractivity contribution in [2.45, 2.75) is 19.9 Å². The molecule has 1 aromatic heterocycles. The van der Waals surface area contributed by atoms with Gasteiger partial charge in [0.2, 0.25) is 5.91 Å². The van der Waals surface area contributed by atoms with Crippen molar-refractivity contribution in [1.29, 1.82) is 0 Å². The molecule has 22 heavy (non-hydrogen) atoms. The lowest BCUT2D eigenvalue weighted by atomic mass is 10.3. The standard InChI is InChI=1S/C15H23N3O4/c1-2-21-15(20)18-9-7-17(8-10-18)14(19)5-6-16-12-13-4-3-11-22-13/h3-4,11,16H,2,5-10,12H2,1H3. The van der Waals surface area contributed by atoms with Gasteiger partial charge in [-0.15, -0.1) is 0 Å². The maximum Gasteiger partial charge on any atom is 0.409 e. The third kappa shape index (κ3) is 4.77. The summed E-state index contributed by atoms with van der Waals surface area (Å²) < 4.78 is 10.2.